The van der Waals surface area contributed by atoms with Gasteiger partial charge in [-0.25, -0.2) is 0 Å². The van der Waals surface area contributed by atoms with E-state index in [4.69, 9.17) is 5.26 Å². The van der Waals surface area contributed by atoms with E-state index in [0.717, 1.165) is 6.42 Å². The Morgan fingerprint density at radius 2 is 1.88 bits per heavy atom. The first-order valence-corrected chi connectivity index (χ1v) is 5.81. The minimum absolute atomic E-state index is 0.209. The van der Waals surface area contributed by atoms with Crippen LogP contribution in [0.3, 0.4) is 0 Å². The molecule has 0 spiro atoms. The van der Waals surface area contributed by atoms with E-state index in [1.165, 1.54) is 17.5 Å². The first kappa shape index (κ1) is 12.7. The van der Waals surface area contributed by atoms with Crippen molar-refractivity contribution >= 4 is 0 Å². The zero-order chi connectivity index (χ0) is 12.0. The van der Waals surface area contributed by atoms with Crippen LogP contribution in [0.4, 0.5) is 0 Å². The van der Waals surface area contributed by atoms with Gasteiger partial charge in [-0.1, -0.05) is 37.6 Å². The van der Waals surface area contributed by atoms with E-state index in [2.05, 4.69) is 42.2 Å². The number of benzene rings is 1. The van der Waals surface area contributed by atoms with Gasteiger partial charge in [-0.05, 0) is 31.6 Å². The van der Waals surface area contributed by atoms with Crippen LogP contribution in [-0.4, -0.2) is 19.0 Å². The van der Waals surface area contributed by atoms with Crippen molar-refractivity contribution in [3.63, 3.8) is 0 Å². The van der Waals surface area contributed by atoms with Crippen molar-refractivity contribution in [2.45, 2.75) is 32.2 Å². The molecule has 0 saturated carbocycles. The predicted molar refractivity (Wildman–Crippen MR) is 67.1 cm³/mol. The fourth-order valence-corrected chi connectivity index (χ4v) is 1.88. The monoisotopic (exact) mass is 216 g/mol. The van der Waals surface area contributed by atoms with Gasteiger partial charge in [0.25, 0.3) is 0 Å². The van der Waals surface area contributed by atoms with Gasteiger partial charge in [-0.2, -0.15) is 5.26 Å². The quantitative estimate of drug-likeness (QED) is 0.756. The van der Waals surface area contributed by atoms with Gasteiger partial charge < -0.3 is 4.90 Å². The molecule has 0 aliphatic heterocycles. The maximum atomic E-state index is 8.81. The molecular weight excluding hydrogens is 196 g/mol. The molecule has 0 aliphatic carbocycles. The standard InChI is InChI=1S/C14H20N2/c1-4-5-12-6-8-13(9-7-12)14(10-11-15)16(2)3/h6-9,14H,4-5,10H2,1-3H3. The molecule has 1 unspecified atom stereocenters. The van der Waals surface area contributed by atoms with Gasteiger partial charge in [0.2, 0.25) is 0 Å². The minimum atomic E-state index is 0.209. The highest BCUT2D eigenvalue weighted by Gasteiger charge is 2.12. The van der Waals surface area contributed by atoms with Gasteiger partial charge in [0, 0.05) is 6.04 Å². The zero-order valence-corrected chi connectivity index (χ0v) is 10.4. The summed E-state index contributed by atoms with van der Waals surface area (Å²) >= 11 is 0. The van der Waals surface area contributed by atoms with Crippen molar-refractivity contribution in [3.05, 3.63) is 35.4 Å². The summed E-state index contributed by atoms with van der Waals surface area (Å²) in [6.45, 7) is 2.19. The first-order valence-electron chi connectivity index (χ1n) is 5.81. The Bertz CT molecular complexity index is 346. The molecule has 0 aliphatic rings. The van der Waals surface area contributed by atoms with Crippen molar-refractivity contribution in [2.24, 2.45) is 0 Å². The van der Waals surface area contributed by atoms with Crippen LogP contribution >= 0.6 is 0 Å². The molecule has 1 aromatic rings. The molecule has 1 aromatic carbocycles. The molecule has 0 N–H and O–H groups in total. The van der Waals surface area contributed by atoms with Gasteiger partial charge in [0.15, 0.2) is 0 Å². The third-order valence-electron chi connectivity index (χ3n) is 2.81. The van der Waals surface area contributed by atoms with Crippen LogP contribution in [0.25, 0.3) is 0 Å². The molecular formula is C14H20N2. The van der Waals surface area contributed by atoms with Crippen molar-refractivity contribution in [1.82, 2.24) is 4.90 Å². The summed E-state index contributed by atoms with van der Waals surface area (Å²) in [4.78, 5) is 2.10. The Morgan fingerprint density at radius 3 is 2.31 bits per heavy atom. The second-order valence-electron chi connectivity index (χ2n) is 4.33. The topological polar surface area (TPSA) is 27.0 Å². The van der Waals surface area contributed by atoms with E-state index in [1.54, 1.807) is 0 Å². The van der Waals surface area contributed by atoms with E-state index >= 15 is 0 Å². The van der Waals surface area contributed by atoms with E-state index < -0.39 is 0 Å². The normalized spacial score (nSPS) is 12.4. The van der Waals surface area contributed by atoms with Crippen molar-refractivity contribution in [3.8, 4) is 6.07 Å². The Balaban J connectivity index is 2.82. The molecule has 0 saturated heterocycles. The number of nitrogens with zero attached hydrogens (tertiary/aromatic N) is 2. The maximum Gasteiger partial charge on any atom is 0.0641 e. The van der Waals surface area contributed by atoms with Gasteiger partial charge in [-0.15, -0.1) is 0 Å². The van der Waals surface area contributed by atoms with Crippen LogP contribution in [0, 0.1) is 11.3 Å². The van der Waals surface area contributed by atoms with Gasteiger partial charge in [0.1, 0.15) is 0 Å². The van der Waals surface area contributed by atoms with Crippen molar-refractivity contribution in [1.29, 1.82) is 5.26 Å². The second-order valence-corrected chi connectivity index (χ2v) is 4.33. The molecule has 0 heterocycles. The van der Waals surface area contributed by atoms with E-state index in [0.29, 0.717) is 6.42 Å². The largest absolute Gasteiger partial charge is 0.301 e. The van der Waals surface area contributed by atoms with Crippen LogP contribution in [0.15, 0.2) is 24.3 Å². The number of aryl methyl sites for hydroxylation is 1. The van der Waals surface area contributed by atoms with E-state index in [1.807, 2.05) is 14.1 Å². The van der Waals surface area contributed by atoms with E-state index in [9.17, 15) is 0 Å². The molecule has 2 heteroatoms. The Kier molecular flexibility index (Phi) is 5.01. The lowest BCUT2D eigenvalue weighted by molar-refractivity contribution is 0.303. The van der Waals surface area contributed by atoms with Crippen LogP contribution in [0.1, 0.15) is 36.9 Å². The van der Waals surface area contributed by atoms with Gasteiger partial charge in [0.05, 0.1) is 12.5 Å². The Morgan fingerprint density at radius 1 is 1.25 bits per heavy atom. The Labute approximate surface area is 98.5 Å². The number of nitriles is 1. The molecule has 0 radical (unpaired) electrons. The van der Waals surface area contributed by atoms with Gasteiger partial charge >= 0.3 is 0 Å². The summed E-state index contributed by atoms with van der Waals surface area (Å²) in [7, 11) is 4.03. The SMILES string of the molecule is CCCc1ccc(C(CC#N)N(C)C)cc1. The summed E-state index contributed by atoms with van der Waals surface area (Å²) in [6.07, 6.45) is 2.85. The summed E-state index contributed by atoms with van der Waals surface area (Å²) in [5.74, 6) is 0. The highest BCUT2D eigenvalue weighted by molar-refractivity contribution is 5.25. The molecule has 0 amide bonds. The highest BCUT2D eigenvalue weighted by atomic mass is 15.1. The second kappa shape index (κ2) is 6.30. The summed E-state index contributed by atoms with van der Waals surface area (Å²) < 4.78 is 0. The average molecular weight is 216 g/mol. The zero-order valence-electron chi connectivity index (χ0n) is 10.4. The lowest BCUT2D eigenvalue weighted by Crippen LogP contribution is -2.19. The fraction of sp³-hybridized carbons (Fsp3) is 0.500. The molecule has 16 heavy (non-hydrogen) atoms. The third kappa shape index (κ3) is 3.36. The van der Waals surface area contributed by atoms with Crippen LogP contribution in [0.5, 0.6) is 0 Å². The molecule has 0 fully saturated rings. The first-order chi connectivity index (χ1) is 7.69. The smallest absolute Gasteiger partial charge is 0.0641 e. The number of hydrogen-bond donors (Lipinski definition) is 0. The fourth-order valence-electron chi connectivity index (χ4n) is 1.88. The van der Waals surface area contributed by atoms with E-state index in [-0.39, 0.29) is 6.04 Å². The lowest BCUT2D eigenvalue weighted by Gasteiger charge is -2.22. The highest BCUT2D eigenvalue weighted by Crippen LogP contribution is 2.22. The third-order valence-corrected chi connectivity index (χ3v) is 2.81. The number of hydrogen-bond acceptors (Lipinski definition) is 2. The molecule has 0 aromatic heterocycles. The van der Waals surface area contributed by atoms with Crippen LogP contribution in [0.2, 0.25) is 0 Å². The van der Waals surface area contributed by atoms with Crippen LogP contribution in [-0.2, 0) is 6.42 Å². The maximum absolute atomic E-state index is 8.81. The van der Waals surface area contributed by atoms with Gasteiger partial charge in [-0.3, -0.25) is 0 Å². The Hall–Kier alpha value is -1.33. The molecule has 1 atom stereocenters. The summed E-state index contributed by atoms with van der Waals surface area (Å²) in [5, 5.41) is 8.81. The summed E-state index contributed by atoms with van der Waals surface area (Å²) in [5.41, 5.74) is 2.60. The summed E-state index contributed by atoms with van der Waals surface area (Å²) in [6, 6.07) is 11.1. The molecule has 0 bridgehead atoms. The predicted octanol–water partition coefficient (Wildman–Crippen LogP) is 3.16. The molecule has 86 valence electrons. The van der Waals surface area contributed by atoms with Crippen LogP contribution < -0.4 is 0 Å². The minimum Gasteiger partial charge on any atom is -0.301 e. The van der Waals surface area contributed by atoms with Crippen molar-refractivity contribution < 1.29 is 0 Å². The van der Waals surface area contributed by atoms with Crippen molar-refractivity contribution in [2.75, 3.05) is 14.1 Å². The lowest BCUT2D eigenvalue weighted by atomic mass is 10.0. The average Bonchev–Trinajstić information content (AvgIpc) is 2.27. The number of rotatable bonds is 5. The molecule has 2 nitrogen and oxygen atoms in total. The molecule has 1 rings (SSSR count).